The molecular formula is C17H13FN4O3S. The number of rotatable bonds is 5. The fourth-order valence-electron chi connectivity index (χ4n) is 2.37. The molecule has 0 spiro atoms. The fraction of sp³-hybridized carbons (Fsp3) is 0.118. The SMILES string of the molecule is O=C1NC(=NN=Cc2ccccc2F)SC1Cc1ccccc1[N+](=O)[O-]. The quantitative estimate of drug-likeness (QED) is 0.496. The second-order valence-electron chi connectivity index (χ2n) is 5.36. The van der Waals surface area contributed by atoms with Crippen LogP contribution in [0.15, 0.2) is 58.7 Å². The van der Waals surface area contributed by atoms with E-state index in [9.17, 15) is 19.3 Å². The third-order valence-electron chi connectivity index (χ3n) is 3.62. The van der Waals surface area contributed by atoms with E-state index in [-0.39, 0.29) is 28.7 Å². The Morgan fingerprint density at radius 3 is 2.73 bits per heavy atom. The first-order chi connectivity index (χ1) is 12.5. The number of amidine groups is 1. The molecule has 1 unspecified atom stereocenters. The largest absolute Gasteiger partial charge is 0.303 e. The van der Waals surface area contributed by atoms with Crippen molar-refractivity contribution in [2.24, 2.45) is 10.2 Å². The van der Waals surface area contributed by atoms with Crippen LogP contribution in [-0.2, 0) is 11.2 Å². The number of para-hydroxylation sites is 1. The van der Waals surface area contributed by atoms with Gasteiger partial charge >= 0.3 is 0 Å². The molecule has 1 saturated heterocycles. The molecule has 9 heteroatoms. The number of thioether (sulfide) groups is 1. The molecule has 2 aromatic rings. The highest BCUT2D eigenvalue weighted by Crippen LogP contribution is 2.27. The van der Waals surface area contributed by atoms with E-state index < -0.39 is 16.0 Å². The van der Waals surface area contributed by atoms with Gasteiger partial charge < -0.3 is 5.32 Å². The Morgan fingerprint density at radius 2 is 1.96 bits per heavy atom. The van der Waals surface area contributed by atoms with E-state index in [4.69, 9.17) is 0 Å². The Balaban J connectivity index is 1.69. The van der Waals surface area contributed by atoms with Gasteiger partial charge in [-0.1, -0.05) is 48.2 Å². The Labute approximate surface area is 152 Å². The highest BCUT2D eigenvalue weighted by Gasteiger charge is 2.32. The summed E-state index contributed by atoms with van der Waals surface area (Å²) in [5.41, 5.74) is 0.729. The lowest BCUT2D eigenvalue weighted by atomic mass is 10.1. The molecule has 1 N–H and O–H groups in total. The minimum atomic E-state index is -0.543. The van der Waals surface area contributed by atoms with E-state index in [1.807, 2.05) is 0 Å². The van der Waals surface area contributed by atoms with Crippen LogP contribution < -0.4 is 5.32 Å². The zero-order valence-corrected chi connectivity index (χ0v) is 14.1. The van der Waals surface area contributed by atoms with E-state index in [0.29, 0.717) is 5.56 Å². The number of nitro groups is 1. The summed E-state index contributed by atoms with van der Waals surface area (Å²) < 4.78 is 13.5. The third kappa shape index (κ3) is 4.12. The van der Waals surface area contributed by atoms with Crippen LogP contribution in [0.4, 0.5) is 10.1 Å². The summed E-state index contributed by atoms with van der Waals surface area (Å²) in [7, 11) is 0. The van der Waals surface area contributed by atoms with Crippen molar-refractivity contribution < 1.29 is 14.1 Å². The highest BCUT2D eigenvalue weighted by molar-refractivity contribution is 8.15. The number of hydrogen-bond acceptors (Lipinski definition) is 6. The monoisotopic (exact) mass is 372 g/mol. The van der Waals surface area contributed by atoms with Crippen molar-refractivity contribution in [2.45, 2.75) is 11.7 Å². The van der Waals surface area contributed by atoms with Crippen LogP contribution in [0.3, 0.4) is 0 Å². The molecule has 0 aromatic heterocycles. The molecule has 7 nitrogen and oxygen atoms in total. The molecule has 26 heavy (non-hydrogen) atoms. The van der Waals surface area contributed by atoms with Gasteiger partial charge in [0.05, 0.1) is 16.4 Å². The van der Waals surface area contributed by atoms with Crippen molar-refractivity contribution in [2.75, 3.05) is 0 Å². The van der Waals surface area contributed by atoms with Crippen molar-refractivity contribution in [3.8, 4) is 0 Å². The van der Waals surface area contributed by atoms with E-state index in [2.05, 4.69) is 15.5 Å². The first kappa shape index (κ1) is 17.7. The summed E-state index contributed by atoms with van der Waals surface area (Å²) >= 11 is 1.13. The van der Waals surface area contributed by atoms with Crippen molar-refractivity contribution >= 4 is 34.7 Å². The van der Waals surface area contributed by atoms with Gasteiger partial charge in [-0.15, -0.1) is 5.10 Å². The molecule has 1 aliphatic rings. The molecule has 3 rings (SSSR count). The molecule has 0 aliphatic carbocycles. The van der Waals surface area contributed by atoms with Gasteiger partial charge in [0.1, 0.15) is 5.82 Å². The van der Waals surface area contributed by atoms with Crippen LogP contribution in [0.25, 0.3) is 0 Å². The van der Waals surface area contributed by atoms with Crippen LogP contribution in [0.2, 0.25) is 0 Å². The van der Waals surface area contributed by atoms with Crippen molar-refractivity contribution in [1.29, 1.82) is 0 Å². The van der Waals surface area contributed by atoms with Gasteiger partial charge in [0.15, 0.2) is 5.17 Å². The molecule has 1 heterocycles. The van der Waals surface area contributed by atoms with Gasteiger partial charge in [0, 0.05) is 23.6 Å². The number of carbonyl (C=O) groups excluding carboxylic acids is 1. The summed E-state index contributed by atoms with van der Waals surface area (Å²) in [5, 5.41) is 21.0. The smallest absolute Gasteiger partial charge is 0.272 e. The number of carbonyl (C=O) groups is 1. The van der Waals surface area contributed by atoms with Gasteiger partial charge in [0.25, 0.3) is 5.69 Å². The number of benzene rings is 2. The number of nitrogens with one attached hydrogen (secondary N) is 1. The molecule has 1 fully saturated rings. The van der Waals surface area contributed by atoms with Crippen molar-refractivity contribution in [3.63, 3.8) is 0 Å². The van der Waals surface area contributed by atoms with Gasteiger partial charge in [0.2, 0.25) is 5.91 Å². The van der Waals surface area contributed by atoms with Crippen LogP contribution in [0.5, 0.6) is 0 Å². The lowest BCUT2D eigenvalue weighted by Gasteiger charge is -2.05. The van der Waals surface area contributed by atoms with Crippen molar-refractivity contribution in [3.05, 3.63) is 75.6 Å². The lowest BCUT2D eigenvalue weighted by molar-refractivity contribution is -0.385. The second kappa shape index (κ2) is 7.87. The van der Waals surface area contributed by atoms with Crippen LogP contribution >= 0.6 is 11.8 Å². The second-order valence-corrected chi connectivity index (χ2v) is 6.55. The first-order valence-electron chi connectivity index (χ1n) is 7.60. The normalized spacial score (nSPS) is 18.4. The predicted molar refractivity (Wildman–Crippen MR) is 97.8 cm³/mol. The lowest BCUT2D eigenvalue weighted by Crippen LogP contribution is -2.26. The molecular weight excluding hydrogens is 359 g/mol. The fourth-order valence-corrected chi connectivity index (χ4v) is 3.32. The molecule has 1 aliphatic heterocycles. The maximum atomic E-state index is 13.5. The van der Waals surface area contributed by atoms with Gasteiger partial charge in [-0.3, -0.25) is 14.9 Å². The molecule has 1 amide bonds. The Kier molecular flexibility index (Phi) is 5.37. The summed E-state index contributed by atoms with van der Waals surface area (Å²) in [6, 6.07) is 12.4. The van der Waals surface area contributed by atoms with E-state index >= 15 is 0 Å². The Bertz CT molecular complexity index is 916. The van der Waals surface area contributed by atoms with E-state index in [0.717, 1.165) is 11.8 Å². The minimum Gasteiger partial charge on any atom is -0.303 e. The zero-order valence-electron chi connectivity index (χ0n) is 13.3. The van der Waals surface area contributed by atoms with Crippen LogP contribution in [-0.4, -0.2) is 27.5 Å². The van der Waals surface area contributed by atoms with Crippen molar-refractivity contribution in [1.82, 2.24) is 5.32 Å². The Hall–Kier alpha value is -3.07. The molecule has 0 bridgehead atoms. The number of amides is 1. The molecule has 0 radical (unpaired) electrons. The summed E-state index contributed by atoms with van der Waals surface area (Å²) in [6.07, 6.45) is 1.45. The van der Waals surface area contributed by atoms with E-state index in [1.165, 1.54) is 18.3 Å². The predicted octanol–water partition coefficient (Wildman–Crippen LogP) is 2.90. The van der Waals surface area contributed by atoms with Gasteiger partial charge in [-0.2, -0.15) is 5.10 Å². The average Bonchev–Trinajstić information content (AvgIpc) is 2.96. The number of nitro benzene ring substituents is 1. The number of halogens is 1. The number of hydrogen-bond donors (Lipinski definition) is 1. The molecule has 2 aromatic carbocycles. The van der Waals surface area contributed by atoms with Gasteiger partial charge in [-0.25, -0.2) is 4.39 Å². The van der Waals surface area contributed by atoms with Crippen LogP contribution in [0.1, 0.15) is 11.1 Å². The highest BCUT2D eigenvalue weighted by atomic mass is 32.2. The molecule has 0 saturated carbocycles. The summed E-state index contributed by atoms with van der Waals surface area (Å²) in [6.45, 7) is 0. The molecule has 1 atom stereocenters. The Morgan fingerprint density at radius 1 is 1.23 bits per heavy atom. The topological polar surface area (TPSA) is 97.0 Å². The maximum absolute atomic E-state index is 13.5. The molecule has 132 valence electrons. The number of nitrogens with zero attached hydrogens (tertiary/aromatic N) is 3. The minimum absolute atomic E-state index is 0.0242. The summed E-state index contributed by atoms with van der Waals surface area (Å²) in [4.78, 5) is 22.7. The third-order valence-corrected chi connectivity index (χ3v) is 4.69. The zero-order chi connectivity index (χ0) is 18.5. The summed E-state index contributed by atoms with van der Waals surface area (Å²) in [5.74, 6) is -0.721. The maximum Gasteiger partial charge on any atom is 0.272 e. The van der Waals surface area contributed by atoms with Gasteiger partial charge in [-0.05, 0) is 6.07 Å². The van der Waals surface area contributed by atoms with E-state index in [1.54, 1.807) is 36.4 Å². The van der Waals surface area contributed by atoms with Crippen LogP contribution in [0, 0.1) is 15.9 Å². The standard InChI is InChI=1S/C17H13FN4O3S/c18-13-7-3-1-6-12(13)10-19-21-17-20-16(23)15(26-17)9-11-5-2-4-8-14(11)22(24)25/h1-8,10,15H,9H2,(H,20,21,23). The first-order valence-corrected chi connectivity index (χ1v) is 8.48. The average molecular weight is 372 g/mol.